The van der Waals surface area contributed by atoms with E-state index in [4.69, 9.17) is 0 Å². The Balaban J connectivity index is 4.06. The number of allylic oxidation sites excluding steroid dienone is 1. The Morgan fingerprint density at radius 2 is 1.92 bits per heavy atom. The maximum absolute atomic E-state index is 10.9. The van der Waals surface area contributed by atoms with Gasteiger partial charge in [0.1, 0.15) is 0 Å². The lowest BCUT2D eigenvalue weighted by Gasteiger charge is -2.18. The van der Waals surface area contributed by atoms with Crippen LogP contribution in [0, 0.1) is 11.8 Å². The summed E-state index contributed by atoms with van der Waals surface area (Å²) in [6, 6.07) is 0. The van der Waals surface area contributed by atoms with E-state index in [1.807, 2.05) is 27.7 Å². The van der Waals surface area contributed by atoms with E-state index in [-0.39, 0.29) is 23.7 Å². The third-order valence-electron chi connectivity index (χ3n) is 2.16. The molecule has 13 heavy (non-hydrogen) atoms. The number of ketones is 1. The van der Waals surface area contributed by atoms with Gasteiger partial charge in [-0.2, -0.15) is 0 Å². The van der Waals surface area contributed by atoms with Gasteiger partial charge >= 0.3 is 0 Å². The molecule has 0 aromatic heterocycles. The minimum atomic E-state index is -0.360. The van der Waals surface area contributed by atoms with Gasteiger partial charge in [-0.1, -0.05) is 33.8 Å². The van der Waals surface area contributed by atoms with Crippen molar-refractivity contribution in [3.05, 3.63) is 12.2 Å². The first-order chi connectivity index (χ1) is 5.99. The number of carbonyl (C=O) groups excluding carboxylic acids is 1. The molecule has 0 aliphatic carbocycles. The molecule has 0 aliphatic rings. The number of rotatable bonds is 5. The zero-order chi connectivity index (χ0) is 10.4. The summed E-state index contributed by atoms with van der Waals surface area (Å²) in [6.45, 7) is 7.69. The third-order valence-corrected chi connectivity index (χ3v) is 2.16. The molecular formula is C11H20O2. The van der Waals surface area contributed by atoms with Crippen molar-refractivity contribution in [1.82, 2.24) is 0 Å². The molecular weight excluding hydrogens is 164 g/mol. The van der Waals surface area contributed by atoms with Gasteiger partial charge in [0.25, 0.3) is 0 Å². The largest absolute Gasteiger partial charge is 0.392 e. The van der Waals surface area contributed by atoms with E-state index in [0.29, 0.717) is 6.42 Å². The number of aliphatic hydroxyl groups excluding tert-OH is 1. The minimum absolute atomic E-state index is 0.0514. The van der Waals surface area contributed by atoms with Crippen molar-refractivity contribution in [3.8, 4) is 0 Å². The molecule has 0 aromatic rings. The summed E-state index contributed by atoms with van der Waals surface area (Å²) >= 11 is 0. The molecule has 2 nitrogen and oxygen atoms in total. The van der Waals surface area contributed by atoms with Crippen LogP contribution in [0.4, 0.5) is 0 Å². The van der Waals surface area contributed by atoms with Crippen LogP contribution in [-0.2, 0) is 4.79 Å². The van der Waals surface area contributed by atoms with E-state index in [9.17, 15) is 9.90 Å². The Morgan fingerprint density at radius 3 is 2.31 bits per heavy atom. The van der Waals surface area contributed by atoms with E-state index in [2.05, 4.69) is 0 Å². The van der Waals surface area contributed by atoms with Crippen molar-refractivity contribution < 1.29 is 9.90 Å². The predicted molar refractivity (Wildman–Crippen MR) is 54.4 cm³/mol. The number of carbonyl (C=O) groups is 1. The van der Waals surface area contributed by atoms with Gasteiger partial charge in [-0.3, -0.25) is 4.79 Å². The van der Waals surface area contributed by atoms with Gasteiger partial charge in [0.2, 0.25) is 0 Å². The second kappa shape index (κ2) is 5.92. The summed E-state index contributed by atoms with van der Waals surface area (Å²) in [5.74, 6) is 0.398. The molecule has 0 amide bonds. The second-order valence-electron chi connectivity index (χ2n) is 3.77. The fourth-order valence-corrected chi connectivity index (χ4v) is 1.10. The van der Waals surface area contributed by atoms with Crippen LogP contribution in [0.3, 0.4) is 0 Å². The maximum atomic E-state index is 10.9. The highest BCUT2D eigenvalue weighted by Crippen LogP contribution is 2.13. The summed E-state index contributed by atoms with van der Waals surface area (Å²) in [5.41, 5.74) is 0. The van der Waals surface area contributed by atoms with Crippen LogP contribution in [0.5, 0.6) is 0 Å². The Hall–Kier alpha value is -0.630. The van der Waals surface area contributed by atoms with E-state index in [0.717, 1.165) is 0 Å². The van der Waals surface area contributed by atoms with Gasteiger partial charge in [-0.15, -0.1) is 0 Å². The Labute approximate surface area is 80.7 Å². The molecule has 0 unspecified atom stereocenters. The monoisotopic (exact) mass is 184 g/mol. The lowest BCUT2D eigenvalue weighted by Crippen LogP contribution is -2.22. The van der Waals surface area contributed by atoms with Crippen LogP contribution in [0.2, 0.25) is 0 Å². The number of aliphatic hydroxyl groups is 1. The van der Waals surface area contributed by atoms with Crippen LogP contribution in [-0.4, -0.2) is 17.0 Å². The minimum Gasteiger partial charge on any atom is -0.392 e. The quantitative estimate of drug-likeness (QED) is 0.665. The predicted octanol–water partition coefficient (Wildman–Crippen LogP) is 2.17. The average Bonchev–Trinajstić information content (AvgIpc) is 2.11. The zero-order valence-corrected chi connectivity index (χ0v) is 8.95. The van der Waals surface area contributed by atoms with Crippen molar-refractivity contribution in [3.63, 3.8) is 0 Å². The summed E-state index contributed by atoms with van der Waals surface area (Å²) in [6.07, 6.45) is 3.52. The van der Waals surface area contributed by atoms with Crippen LogP contribution in [0.1, 0.15) is 34.1 Å². The van der Waals surface area contributed by atoms with Gasteiger partial charge in [-0.25, -0.2) is 0 Å². The van der Waals surface area contributed by atoms with Gasteiger partial charge in [0.05, 0.1) is 6.10 Å². The Kier molecular flexibility index (Phi) is 5.63. The second-order valence-corrected chi connectivity index (χ2v) is 3.77. The van der Waals surface area contributed by atoms with Gasteiger partial charge < -0.3 is 5.11 Å². The lowest BCUT2D eigenvalue weighted by atomic mass is 9.94. The smallest absolute Gasteiger partial charge is 0.155 e. The fourth-order valence-electron chi connectivity index (χ4n) is 1.10. The Morgan fingerprint density at radius 1 is 1.38 bits per heavy atom. The molecule has 0 spiro atoms. The molecule has 0 aliphatic heterocycles. The zero-order valence-electron chi connectivity index (χ0n) is 8.95. The molecule has 2 atom stereocenters. The summed E-state index contributed by atoms with van der Waals surface area (Å²) in [7, 11) is 0. The van der Waals surface area contributed by atoms with E-state index in [1.165, 1.54) is 0 Å². The molecule has 0 bridgehead atoms. The summed E-state index contributed by atoms with van der Waals surface area (Å²) < 4.78 is 0. The molecule has 0 radical (unpaired) electrons. The highest BCUT2D eigenvalue weighted by molar-refractivity contribution is 5.89. The van der Waals surface area contributed by atoms with Gasteiger partial charge in [0, 0.05) is 12.3 Å². The highest BCUT2D eigenvalue weighted by Gasteiger charge is 2.14. The standard InChI is InChI=1S/C11H20O2/c1-5-10(12)7-6-9(4)11(13)8(2)3/h6-9,11,13H,5H2,1-4H3/b7-6+/t9-,11+/m0/s1. The molecule has 1 N–H and O–H groups in total. The first-order valence-electron chi connectivity index (χ1n) is 4.88. The third kappa shape index (κ3) is 4.83. The van der Waals surface area contributed by atoms with E-state index in [1.54, 1.807) is 12.2 Å². The molecule has 0 heterocycles. The fraction of sp³-hybridized carbons (Fsp3) is 0.727. The average molecular weight is 184 g/mol. The Bertz CT molecular complexity index is 183. The van der Waals surface area contributed by atoms with Crippen LogP contribution in [0.25, 0.3) is 0 Å². The van der Waals surface area contributed by atoms with Gasteiger partial charge in [0.15, 0.2) is 5.78 Å². The van der Waals surface area contributed by atoms with Crippen LogP contribution >= 0.6 is 0 Å². The van der Waals surface area contributed by atoms with Crippen molar-refractivity contribution in [2.75, 3.05) is 0 Å². The number of hydrogen-bond donors (Lipinski definition) is 1. The SMILES string of the molecule is CCC(=O)/C=C/[C@H](C)[C@H](O)C(C)C. The molecule has 0 aromatic carbocycles. The molecule has 0 fully saturated rings. The molecule has 2 heteroatoms. The normalized spacial score (nSPS) is 16.5. The van der Waals surface area contributed by atoms with Crippen LogP contribution in [0.15, 0.2) is 12.2 Å². The van der Waals surface area contributed by atoms with Crippen molar-refractivity contribution in [2.24, 2.45) is 11.8 Å². The van der Waals surface area contributed by atoms with Crippen LogP contribution < -0.4 is 0 Å². The molecule has 0 rings (SSSR count). The summed E-state index contributed by atoms with van der Waals surface area (Å²) in [5, 5.41) is 9.62. The first-order valence-corrected chi connectivity index (χ1v) is 4.88. The van der Waals surface area contributed by atoms with Crippen molar-refractivity contribution in [2.45, 2.75) is 40.2 Å². The molecule has 0 saturated carbocycles. The molecule has 76 valence electrons. The van der Waals surface area contributed by atoms with Crippen molar-refractivity contribution >= 4 is 5.78 Å². The summed E-state index contributed by atoms with van der Waals surface area (Å²) in [4.78, 5) is 10.9. The van der Waals surface area contributed by atoms with E-state index < -0.39 is 0 Å². The lowest BCUT2D eigenvalue weighted by molar-refractivity contribution is -0.114. The topological polar surface area (TPSA) is 37.3 Å². The van der Waals surface area contributed by atoms with Gasteiger partial charge in [-0.05, 0) is 12.0 Å². The highest BCUT2D eigenvalue weighted by atomic mass is 16.3. The van der Waals surface area contributed by atoms with E-state index >= 15 is 0 Å². The molecule has 0 saturated heterocycles. The number of hydrogen-bond acceptors (Lipinski definition) is 2. The van der Waals surface area contributed by atoms with Crippen molar-refractivity contribution in [1.29, 1.82) is 0 Å². The maximum Gasteiger partial charge on any atom is 0.155 e. The first kappa shape index (κ1) is 12.4.